The molecule has 0 atom stereocenters. The maximum Gasteiger partial charge on any atom is 0.335 e. The van der Waals surface area contributed by atoms with Gasteiger partial charge in [0.2, 0.25) is 0 Å². The van der Waals surface area contributed by atoms with Crippen LogP contribution < -0.4 is 10.2 Å². The molecule has 120 valence electrons. The van der Waals surface area contributed by atoms with Crippen molar-refractivity contribution in [3.63, 3.8) is 0 Å². The standard InChI is InChI=1S/C15H14ClN3O4/c16-10-2-1-3-11(8-10)19-14(21)12(13(20)17-15(19)22)9-18-4-6-23-7-5-18/h1-3,8-9H,4-7H2,(H,17,20,22). The van der Waals surface area contributed by atoms with Crippen LogP contribution in [-0.4, -0.2) is 49.0 Å². The van der Waals surface area contributed by atoms with Gasteiger partial charge in [-0.3, -0.25) is 14.9 Å². The van der Waals surface area contributed by atoms with Crippen LogP contribution >= 0.6 is 11.6 Å². The molecule has 0 saturated carbocycles. The van der Waals surface area contributed by atoms with Crippen molar-refractivity contribution in [1.29, 1.82) is 0 Å². The van der Waals surface area contributed by atoms with Gasteiger partial charge in [0.15, 0.2) is 0 Å². The molecule has 4 amide bonds. The minimum Gasteiger partial charge on any atom is -0.378 e. The first-order chi connectivity index (χ1) is 11.1. The van der Waals surface area contributed by atoms with E-state index in [-0.39, 0.29) is 5.57 Å². The maximum atomic E-state index is 12.6. The summed E-state index contributed by atoms with van der Waals surface area (Å²) in [4.78, 5) is 39.4. The summed E-state index contributed by atoms with van der Waals surface area (Å²) in [5.41, 5.74) is 0.215. The molecular formula is C15H14ClN3O4. The number of amides is 4. The molecular weight excluding hydrogens is 322 g/mol. The van der Waals surface area contributed by atoms with Crippen LogP contribution in [0.25, 0.3) is 0 Å². The number of benzene rings is 1. The fourth-order valence-electron chi connectivity index (χ4n) is 2.38. The molecule has 8 heteroatoms. The van der Waals surface area contributed by atoms with Crippen molar-refractivity contribution in [2.24, 2.45) is 0 Å². The number of urea groups is 1. The van der Waals surface area contributed by atoms with E-state index in [9.17, 15) is 14.4 Å². The van der Waals surface area contributed by atoms with Gasteiger partial charge < -0.3 is 9.64 Å². The normalized spacial score (nSPS) is 20.9. The molecule has 2 fully saturated rings. The molecule has 1 aromatic carbocycles. The minimum absolute atomic E-state index is 0.0912. The lowest BCUT2D eigenvalue weighted by molar-refractivity contribution is -0.122. The van der Waals surface area contributed by atoms with E-state index in [4.69, 9.17) is 16.3 Å². The summed E-state index contributed by atoms with van der Waals surface area (Å²) in [6.45, 7) is 2.21. The zero-order chi connectivity index (χ0) is 16.4. The zero-order valence-corrected chi connectivity index (χ0v) is 12.9. The van der Waals surface area contributed by atoms with Crippen LogP contribution in [0, 0.1) is 0 Å². The number of hydrogen-bond donors (Lipinski definition) is 1. The lowest BCUT2D eigenvalue weighted by atomic mass is 10.1. The smallest absolute Gasteiger partial charge is 0.335 e. The topological polar surface area (TPSA) is 79.0 Å². The zero-order valence-electron chi connectivity index (χ0n) is 12.1. The summed E-state index contributed by atoms with van der Waals surface area (Å²) in [5.74, 6) is -1.38. The summed E-state index contributed by atoms with van der Waals surface area (Å²) in [6, 6.07) is 5.53. The SMILES string of the molecule is O=C1NC(=O)N(c2cccc(Cl)c2)C(=O)C1=CN1CCOCC1. The van der Waals surface area contributed by atoms with E-state index in [0.29, 0.717) is 37.0 Å². The van der Waals surface area contributed by atoms with Gasteiger partial charge in [-0.2, -0.15) is 0 Å². The van der Waals surface area contributed by atoms with E-state index in [1.807, 2.05) is 4.90 Å². The summed E-state index contributed by atoms with van der Waals surface area (Å²) in [5, 5.41) is 2.56. The summed E-state index contributed by atoms with van der Waals surface area (Å²) in [7, 11) is 0. The van der Waals surface area contributed by atoms with Gasteiger partial charge in [-0.25, -0.2) is 9.69 Å². The van der Waals surface area contributed by atoms with Crippen LogP contribution in [-0.2, 0) is 14.3 Å². The van der Waals surface area contributed by atoms with Gasteiger partial charge in [0, 0.05) is 24.3 Å². The highest BCUT2D eigenvalue weighted by Gasteiger charge is 2.37. The lowest BCUT2D eigenvalue weighted by Crippen LogP contribution is -2.55. The van der Waals surface area contributed by atoms with Gasteiger partial charge in [-0.15, -0.1) is 0 Å². The highest BCUT2D eigenvalue weighted by molar-refractivity contribution is 6.38. The third kappa shape index (κ3) is 3.20. The van der Waals surface area contributed by atoms with Crippen LogP contribution in [0.1, 0.15) is 0 Å². The quantitative estimate of drug-likeness (QED) is 0.647. The second-order valence-corrected chi connectivity index (χ2v) is 5.51. The van der Waals surface area contributed by atoms with Crippen LogP contribution in [0.2, 0.25) is 5.02 Å². The number of nitrogens with zero attached hydrogens (tertiary/aromatic N) is 2. The van der Waals surface area contributed by atoms with Crippen molar-refractivity contribution in [3.8, 4) is 0 Å². The number of anilines is 1. The highest BCUT2D eigenvalue weighted by atomic mass is 35.5. The number of imide groups is 2. The third-order valence-corrected chi connectivity index (χ3v) is 3.76. The molecule has 2 aliphatic heterocycles. The molecule has 0 unspecified atom stereocenters. The fourth-order valence-corrected chi connectivity index (χ4v) is 2.57. The van der Waals surface area contributed by atoms with Gasteiger partial charge in [0.25, 0.3) is 11.8 Å². The van der Waals surface area contributed by atoms with Crippen molar-refractivity contribution in [2.45, 2.75) is 0 Å². The van der Waals surface area contributed by atoms with Gasteiger partial charge in [-0.05, 0) is 18.2 Å². The number of rotatable bonds is 2. The summed E-state index contributed by atoms with van der Waals surface area (Å²) >= 11 is 5.91. The number of ether oxygens (including phenoxy) is 1. The van der Waals surface area contributed by atoms with Crippen LogP contribution in [0.15, 0.2) is 36.0 Å². The predicted octanol–water partition coefficient (Wildman–Crippen LogP) is 1.14. The molecule has 0 radical (unpaired) electrons. The van der Waals surface area contributed by atoms with E-state index >= 15 is 0 Å². The first kappa shape index (κ1) is 15.5. The Hall–Kier alpha value is -2.38. The van der Waals surface area contributed by atoms with E-state index in [2.05, 4.69) is 5.32 Å². The monoisotopic (exact) mass is 335 g/mol. The minimum atomic E-state index is -0.790. The number of nitrogens with one attached hydrogen (secondary N) is 1. The molecule has 0 bridgehead atoms. The molecule has 0 aliphatic carbocycles. The average molecular weight is 336 g/mol. The summed E-state index contributed by atoms with van der Waals surface area (Å²) < 4.78 is 5.23. The van der Waals surface area contributed by atoms with Gasteiger partial charge in [0.1, 0.15) is 5.57 Å². The number of hydrogen-bond acceptors (Lipinski definition) is 5. The molecule has 1 aromatic rings. The molecule has 2 saturated heterocycles. The third-order valence-electron chi connectivity index (χ3n) is 3.53. The molecule has 1 N–H and O–H groups in total. The molecule has 2 aliphatic rings. The predicted molar refractivity (Wildman–Crippen MR) is 83.0 cm³/mol. The Kier molecular flexibility index (Phi) is 4.31. The van der Waals surface area contributed by atoms with Gasteiger partial charge >= 0.3 is 6.03 Å². The fraction of sp³-hybridized carbons (Fsp3) is 0.267. The molecule has 2 heterocycles. The highest BCUT2D eigenvalue weighted by Crippen LogP contribution is 2.23. The Morgan fingerprint density at radius 1 is 1.17 bits per heavy atom. The van der Waals surface area contributed by atoms with E-state index in [0.717, 1.165) is 4.90 Å². The molecule has 0 aromatic heterocycles. The average Bonchev–Trinajstić information content (AvgIpc) is 2.52. The number of morpholine rings is 1. The Bertz CT molecular complexity index is 698. The van der Waals surface area contributed by atoms with Crippen LogP contribution in [0.3, 0.4) is 0 Å². The van der Waals surface area contributed by atoms with Crippen molar-refractivity contribution < 1.29 is 19.1 Å². The van der Waals surface area contributed by atoms with E-state index in [1.54, 1.807) is 18.2 Å². The Labute approximate surface area is 137 Å². The lowest BCUT2D eigenvalue weighted by Gasteiger charge is -2.29. The second kappa shape index (κ2) is 6.39. The Balaban J connectivity index is 1.92. The number of barbiturate groups is 1. The molecule has 23 heavy (non-hydrogen) atoms. The first-order valence-corrected chi connectivity index (χ1v) is 7.43. The van der Waals surface area contributed by atoms with Crippen LogP contribution in [0.5, 0.6) is 0 Å². The van der Waals surface area contributed by atoms with Crippen molar-refractivity contribution in [2.75, 3.05) is 31.2 Å². The van der Waals surface area contributed by atoms with Gasteiger partial charge in [0.05, 0.1) is 18.9 Å². The van der Waals surface area contributed by atoms with E-state index in [1.165, 1.54) is 12.3 Å². The number of carbonyl (C=O) groups excluding carboxylic acids is 3. The van der Waals surface area contributed by atoms with Crippen molar-refractivity contribution >= 4 is 35.1 Å². The molecule has 7 nitrogen and oxygen atoms in total. The van der Waals surface area contributed by atoms with Crippen molar-refractivity contribution in [1.82, 2.24) is 10.2 Å². The van der Waals surface area contributed by atoms with E-state index < -0.39 is 17.8 Å². The first-order valence-electron chi connectivity index (χ1n) is 7.05. The Morgan fingerprint density at radius 3 is 2.61 bits per heavy atom. The summed E-state index contributed by atoms with van der Waals surface area (Å²) in [6.07, 6.45) is 1.48. The van der Waals surface area contributed by atoms with Crippen LogP contribution in [0.4, 0.5) is 10.5 Å². The number of carbonyl (C=O) groups is 3. The largest absolute Gasteiger partial charge is 0.378 e. The van der Waals surface area contributed by atoms with Crippen molar-refractivity contribution in [3.05, 3.63) is 41.1 Å². The Morgan fingerprint density at radius 2 is 1.91 bits per heavy atom. The number of halogens is 1. The molecule has 3 rings (SSSR count). The maximum absolute atomic E-state index is 12.6. The second-order valence-electron chi connectivity index (χ2n) is 5.07. The molecule has 0 spiro atoms. The van der Waals surface area contributed by atoms with Gasteiger partial charge in [-0.1, -0.05) is 17.7 Å².